The van der Waals surface area contributed by atoms with Crippen LogP contribution in [0.2, 0.25) is 5.02 Å². The standard InChI is InChI=1S/C18H18ClF3N4O3/c1-10(27)25-6-5-14-12(8-25)17(18(20,21)22)24-26(14)9-16(28)23-13-7-11(19)3-4-15(13)29-2/h3-4,7H,5-6,8-9H2,1-2H3,(H,23,28). The third-order valence-electron chi connectivity index (χ3n) is 4.58. The number of carbonyl (C=O) groups is 2. The Morgan fingerprint density at radius 2 is 2.07 bits per heavy atom. The molecule has 11 heteroatoms. The molecule has 29 heavy (non-hydrogen) atoms. The van der Waals surface area contributed by atoms with Gasteiger partial charge in [-0.25, -0.2) is 0 Å². The Morgan fingerprint density at radius 1 is 1.34 bits per heavy atom. The lowest BCUT2D eigenvalue weighted by molar-refractivity contribution is -0.143. The van der Waals surface area contributed by atoms with Gasteiger partial charge in [0.15, 0.2) is 5.69 Å². The highest BCUT2D eigenvalue weighted by Crippen LogP contribution is 2.35. The van der Waals surface area contributed by atoms with Crippen LogP contribution in [0.4, 0.5) is 18.9 Å². The van der Waals surface area contributed by atoms with Crippen molar-refractivity contribution in [3.05, 3.63) is 40.2 Å². The van der Waals surface area contributed by atoms with Crippen molar-refractivity contribution in [3.63, 3.8) is 0 Å². The third kappa shape index (κ3) is 4.47. The topological polar surface area (TPSA) is 76.5 Å². The zero-order valence-electron chi connectivity index (χ0n) is 15.6. The van der Waals surface area contributed by atoms with Crippen LogP contribution in [-0.2, 0) is 35.3 Å². The van der Waals surface area contributed by atoms with Gasteiger partial charge in [0, 0.05) is 42.7 Å². The highest BCUT2D eigenvalue weighted by Gasteiger charge is 2.41. The van der Waals surface area contributed by atoms with Crippen LogP contribution in [0.1, 0.15) is 23.9 Å². The van der Waals surface area contributed by atoms with Crippen molar-refractivity contribution >= 4 is 29.1 Å². The van der Waals surface area contributed by atoms with Crippen LogP contribution in [0.15, 0.2) is 18.2 Å². The lowest BCUT2D eigenvalue weighted by Crippen LogP contribution is -2.35. The van der Waals surface area contributed by atoms with Crippen molar-refractivity contribution in [3.8, 4) is 5.75 Å². The molecule has 0 spiro atoms. The molecule has 0 radical (unpaired) electrons. The Kier molecular flexibility index (Phi) is 5.74. The molecule has 0 unspecified atom stereocenters. The largest absolute Gasteiger partial charge is 0.495 e. The van der Waals surface area contributed by atoms with E-state index in [1.54, 1.807) is 12.1 Å². The van der Waals surface area contributed by atoms with Gasteiger partial charge in [0.2, 0.25) is 11.8 Å². The number of halogens is 4. The minimum Gasteiger partial charge on any atom is -0.495 e. The van der Waals surface area contributed by atoms with Crippen molar-refractivity contribution in [1.29, 1.82) is 0 Å². The lowest BCUT2D eigenvalue weighted by Gasteiger charge is -2.27. The quantitative estimate of drug-likeness (QED) is 0.808. The second kappa shape index (κ2) is 7.94. The molecular formula is C18H18ClF3N4O3. The molecule has 0 saturated carbocycles. The summed E-state index contributed by atoms with van der Waals surface area (Å²) in [5, 5.41) is 6.57. The first-order chi connectivity index (χ1) is 13.6. The van der Waals surface area contributed by atoms with E-state index in [0.29, 0.717) is 22.2 Å². The lowest BCUT2D eigenvalue weighted by atomic mass is 10.0. The number of hydrogen-bond donors (Lipinski definition) is 1. The summed E-state index contributed by atoms with van der Waals surface area (Å²) in [6.45, 7) is 0.945. The first-order valence-corrected chi connectivity index (χ1v) is 9.02. The Labute approximate surface area is 169 Å². The Bertz CT molecular complexity index is 959. The fourth-order valence-corrected chi connectivity index (χ4v) is 3.39. The molecule has 156 valence electrons. The molecule has 7 nitrogen and oxygen atoms in total. The number of alkyl halides is 3. The Morgan fingerprint density at radius 3 is 2.69 bits per heavy atom. The number of benzene rings is 1. The average Bonchev–Trinajstić information content (AvgIpc) is 3.00. The van der Waals surface area contributed by atoms with E-state index in [1.165, 1.54) is 25.0 Å². The first-order valence-electron chi connectivity index (χ1n) is 8.64. The number of carbonyl (C=O) groups excluding carboxylic acids is 2. The van der Waals surface area contributed by atoms with Gasteiger partial charge in [0.1, 0.15) is 12.3 Å². The monoisotopic (exact) mass is 430 g/mol. The van der Waals surface area contributed by atoms with Gasteiger partial charge in [-0.3, -0.25) is 14.3 Å². The molecule has 2 aromatic rings. The smallest absolute Gasteiger partial charge is 0.435 e. The van der Waals surface area contributed by atoms with Crippen LogP contribution in [0.5, 0.6) is 5.75 Å². The zero-order valence-corrected chi connectivity index (χ0v) is 16.4. The second-order valence-electron chi connectivity index (χ2n) is 6.51. The number of amides is 2. The molecule has 2 heterocycles. The van der Waals surface area contributed by atoms with Gasteiger partial charge >= 0.3 is 6.18 Å². The predicted molar refractivity (Wildman–Crippen MR) is 98.7 cm³/mol. The average molecular weight is 431 g/mol. The molecule has 2 amide bonds. The molecule has 0 saturated heterocycles. The van der Waals surface area contributed by atoms with E-state index in [1.807, 2.05) is 0 Å². The highest BCUT2D eigenvalue weighted by atomic mass is 35.5. The summed E-state index contributed by atoms with van der Waals surface area (Å²) in [7, 11) is 1.42. The molecule has 1 aromatic carbocycles. The van der Waals surface area contributed by atoms with Gasteiger partial charge in [-0.2, -0.15) is 18.3 Å². The summed E-state index contributed by atoms with van der Waals surface area (Å²) >= 11 is 5.92. The van der Waals surface area contributed by atoms with E-state index in [2.05, 4.69) is 10.4 Å². The summed E-state index contributed by atoms with van der Waals surface area (Å²) < 4.78 is 46.5. The maximum atomic E-state index is 13.4. The molecule has 1 aliphatic heterocycles. The van der Waals surface area contributed by atoms with Gasteiger partial charge < -0.3 is 15.0 Å². The summed E-state index contributed by atoms with van der Waals surface area (Å²) in [4.78, 5) is 25.4. The summed E-state index contributed by atoms with van der Waals surface area (Å²) in [5.41, 5.74) is -0.563. The number of nitrogens with zero attached hydrogens (tertiary/aromatic N) is 3. The maximum absolute atomic E-state index is 13.4. The van der Waals surface area contributed by atoms with Gasteiger partial charge in [0.25, 0.3) is 0 Å². The van der Waals surface area contributed by atoms with Gasteiger partial charge in [-0.1, -0.05) is 11.6 Å². The van der Waals surface area contributed by atoms with Crippen LogP contribution in [0.25, 0.3) is 0 Å². The number of rotatable bonds is 4. The zero-order chi connectivity index (χ0) is 21.3. The Hall–Kier alpha value is -2.75. The minimum atomic E-state index is -4.69. The maximum Gasteiger partial charge on any atom is 0.435 e. The number of methoxy groups -OCH3 is 1. The van der Waals surface area contributed by atoms with E-state index in [-0.39, 0.29) is 31.0 Å². The second-order valence-corrected chi connectivity index (χ2v) is 6.95. The molecule has 0 fully saturated rings. The summed E-state index contributed by atoms with van der Waals surface area (Å²) in [6.07, 6.45) is -4.52. The predicted octanol–water partition coefficient (Wildman–Crippen LogP) is 3.11. The van der Waals surface area contributed by atoms with Crippen LogP contribution in [0, 0.1) is 0 Å². The van der Waals surface area contributed by atoms with Crippen molar-refractivity contribution in [1.82, 2.24) is 14.7 Å². The van der Waals surface area contributed by atoms with Crippen LogP contribution in [-0.4, -0.2) is 40.1 Å². The number of hydrogen-bond acceptors (Lipinski definition) is 4. The Balaban J connectivity index is 1.87. The molecular weight excluding hydrogens is 413 g/mol. The highest BCUT2D eigenvalue weighted by molar-refractivity contribution is 6.31. The van der Waals surface area contributed by atoms with Crippen molar-refractivity contribution in [2.75, 3.05) is 19.0 Å². The van der Waals surface area contributed by atoms with E-state index in [9.17, 15) is 22.8 Å². The third-order valence-corrected chi connectivity index (χ3v) is 4.81. The summed E-state index contributed by atoms with van der Waals surface area (Å²) in [5.74, 6) is -0.542. The van der Waals surface area contributed by atoms with Crippen molar-refractivity contribution < 1.29 is 27.5 Å². The van der Waals surface area contributed by atoms with E-state index in [4.69, 9.17) is 16.3 Å². The minimum absolute atomic E-state index is 0.0768. The van der Waals surface area contributed by atoms with Crippen LogP contribution < -0.4 is 10.1 Å². The SMILES string of the molecule is COc1ccc(Cl)cc1NC(=O)Cn1nc(C(F)(F)F)c2c1CCN(C(C)=O)C2. The number of fused-ring (bicyclic) bond motifs is 1. The summed E-state index contributed by atoms with van der Waals surface area (Å²) in [6, 6.07) is 4.62. The van der Waals surface area contributed by atoms with Crippen molar-refractivity contribution in [2.45, 2.75) is 32.6 Å². The number of aromatic nitrogens is 2. The van der Waals surface area contributed by atoms with Gasteiger partial charge in [0.05, 0.1) is 12.8 Å². The molecule has 3 rings (SSSR count). The molecule has 0 atom stereocenters. The fourth-order valence-electron chi connectivity index (χ4n) is 3.22. The van der Waals surface area contributed by atoms with Crippen LogP contribution >= 0.6 is 11.6 Å². The van der Waals surface area contributed by atoms with E-state index >= 15 is 0 Å². The first kappa shape index (κ1) is 21.0. The van der Waals surface area contributed by atoms with Gasteiger partial charge in [-0.15, -0.1) is 0 Å². The van der Waals surface area contributed by atoms with Gasteiger partial charge in [-0.05, 0) is 18.2 Å². The number of ether oxygens (including phenoxy) is 1. The van der Waals surface area contributed by atoms with Crippen molar-refractivity contribution in [2.24, 2.45) is 0 Å². The van der Waals surface area contributed by atoms with Crippen LogP contribution in [0.3, 0.4) is 0 Å². The molecule has 0 aliphatic carbocycles. The number of nitrogens with one attached hydrogen (secondary N) is 1. The van der Waals surface area contributed by atoms with E-state index < -0.39 is 24.3 Å². The molecule has 0 bridgehead atoms. The normalized spacial score (nSPS) is 13.8. The fraction of sp³-hybridized carbons (Fsp3) is 0.389. The number of anilines is 1. The molecule has 1 N–H and O–H groups in total. The molecule has 1 aliphatic rings. The molecule has 1 aromatic heterocycles. The van der Waals surface area contributed by atoms with E-state index in [0.717, 1.165) is 4.68 Å².